The number of aromatic nitrogens is 1. The standard InChI is InChI=1S/C21H21ClN2O3S/c1-3-6-21(25)24(18-7-4-5-8-19(18)28(2,26)27)14-15-9-10-16-11-12-20(22)23-17(16)13-15/h4-5,7-13H,3,6,14H2,1-2H3. The van der Waals surface area contributed by atoms with E-state index in [9.17, 15) is 13.2 Å². The number of hydrogen-bond acceptors (Lipinski definition) is 4. The van der Waals surface area contributed by atoms with Crippen molar-refractivity contribution in [3.63, 3.8) is 0 Å². The third-order valence-electron chi connectivity index (χ3n) is 4.38. The second kappa shape index (κ2) is 8.29. The number of hydrogen-bond donors (Lipinski definition) is 0. The van der Waals surface area contributed by atoms with E-state index in [2.05, 4.69) is 4.98 Å². The van der Waals surface area contributed by atoms with Gasteiger partial charge in [0.05, 0.1) is 22.6 Å². The maximum absolute atomic E-state index is 12.8. The van der Waals surface area contributed by atoms with Gasteiger partial charge in [0.2, 0.25) is 5.91 Å². The Morgan fingerprint density at radius 2 is 1.82 bits per heavy atom. The van der Waals surface area contributed by atoms with E-state index in [1.165, 1.54) is 11.0 Å². The predicted molar refractivity (Wildman–Crippen MR) is 112 cm³/mol. The quantitative estimate of drug-likeness (QED) is 0.549. The van der Waals surface area contributed by atoms with Crippen molar-refractivity contribution in [3.8, 4) is 0 Å². The topological polar surface area (TPSA) is 67.3 Å². The summed E-state index contributed by atoms with van der Waals surface area (Å²) < 4.78 is 24.5. The maximum Gasteiger partial charge on any atom is 0.227 e. The molecular weight excluding hydrogens is 396 g/mol. The average Bonchev–Trinajstić information content (AvgIpc) is 2.65. The number of nitrogens with zero attached hydrogens (tertiary/aromatic N) is 2. The molecule has 146 valence electrons. The van der Waals surface area contributed by atoms with Gasteiger partial charge in [-0.25, -0.2) is 13.4 Å². The molecule has 0 aliphatic heterocycles. The molecule has 7 heteroatoms. The van der Waals surface area contributed by atoms with Crippen LogP contribution in [-0.2, 0) is 21.2 Å². The molecule has 0 bridgehead atoms. The number of fused-ring (bicyclic) bond motifs is 1. The molecule has 1 amide bonds. The Kier molecular flexibility index (Phi) is 6.01. The third-order valence-corrected chi connectivity index (χ3v) is 5.74. The van der Waals surface area contributed by atoms with E-state index in [4.69, 9.17) is 11.6 Å². The fourth-order valence-electron chi connectivity index (χ4n) is 3.07. The van der Waals surface area contributed by atoms with E-state index in [1.54, 1.807) is 24.3 Å². The van der Waals surface area contributed by atoms with Gasteiger partial charge in [0.1, 0.15) is 5.15 Å². The Bertz CT molecular complexity index is 1130. The Hall–Kier alpha value is -2.44. The lowest BCUT2D eigenvalue weighted by Gasteiger charge is -2.25. The third kappa shape index (κ3) is 4.51. The van der Waals surface area contributed by atoms with E-state index in [0.29, 0.717) is 23.7 Å². The van der Waals surface area contributed by atoms with Crippen LogP contribution in [0, 0.1) is 0 Å². The summed E-state index contributed by atoms with van der Waals surface area (Å²) in [6.45, 7) is 2.16. The summed E-state index contributed by atoms with van der Waals surface area (Å²) in [7, 11) is -3.48. The molecule has 0 aliphatic carbocycles. The zero-order valence-corrected chi connectivity index (χ0v) is 17.3. The number of rotatable bonds is 6. The summed E-state index contributed by atoms with van der Waals surface area (Å²) in [6, 6.07) is 15.9. The van der Waals surface area contributed by atoms with E-state index in [-0.39, 0.29) is 17.3 Å². The van der Waals surface area contributed by atoms with Crippen LogP contribution in [0.25, 0.3) is 10.9 Å². The molecule has 1 heterocycles. The molecule has 2 aromatic carbocycles. The van der Waals surface area contributed by atoms with Crippen molar-refractivity contribution in [1.82, 2.24) is 4.98 Å². The Balaban J connectivity index is 2.06. The molecule has 0 saturated carbocycles. The van der Waals surface area contributed by atoms with Crippen molar-refractivity contribution in [3.05, 3.63) is 65.3 Å². The predicted octanol–water partition coefficient (Wildman–Crippen LogP) is 4.63. The first-order chi connectivity index (χ1) is 13.3. The van der Waals surface area contributed by atoms with Crippen LogP contribution in [0.2, 0.25) is 5.15 Å². The van der Waals surface area contributed by atoms with Gasteiger partial charge >= 0.3 is 0 Å². The fraction of sp³-hybridized carbons (Fsp3) is 0.238. The summed E-state index contributed by atoms with van der Waals surface area (Å²) in [5, 5.41) is 1.34. The zero-order chi connectivity index (χ0) is 20.3. The first kappa shape index (κ1) is 20.3. The first-order valence-electron chi connectivity index (χ1n) is 8.94. The van der Waals surface area contributed by atoms with Crippen molar-refractivity contribution < 1.29 is 13.2 Å². The van der Waals surface area contributed by atoms with E-state index in [1.807, 2.05) is 31.2 Å². The van der Waals surface area contributed by atoms with Crippen molar-refractivity contribution >= 4 is 43.9 Å². The molecule has 0 atom stereocenters. The minimum Gasteiger partial charge on any atom is -0.307 e. The number of carbonyl (C=O) groups excluding carboxylic acids is 1. The Labute approximate surface area is 169 Å². The lowest BCUT2D eigenvalue weighted by atomic mass is 10.1. The number of benzene rings is 2. The first-order valence-corrected chi connectivity index (χ1v) is 11.2. The minimum atomic E-state index is -3.48. The Morgan fingerprint density at radius 3 is 2.54 bits per heavy atom. The van der Waals surface area contributed by atoms with E-state index < -0.39 is 9.84 Å². The van der Waals surface area contributed by atoms with E-state index >= 15 is 0 Å². The molecule has 28 heavy (non-hydrogen) atoms. The fourth-order valence-corrected chi connectivity index (χ4v) is 4.11. The van der Waals surface area contributed by atoms with Crippen LogP contribution < -0.4 is 4.90 Å². The molecule has 1 aromatic heterocycles. The second-order valence-electron chi connectivity index (χ2n) is 6.63. The number of anilines is 1. The average molecular weight is 417 g/mol. The largest absolute Gasteiger partial charge is 0.307 e. The molecule has 5 nitrogen and oxygen atoms in total. The molecule has 0 fully saturated rings. The molecule has 0 saturated heterocycles. The van der Waals surface area contributed by atoms with Crippen LogP contribution in [0.15, 0.2) is 59.5 Å². The van der Waals surface area contributed by atoms with Crippen LogP contribution >= 0.6 is 11.6 Å². The SMILES string of the molecule is CCCC(=O)N(Cc1ccc2ccc(Cl)nc2c1)c1ccccc1S(C)(=O)=O. The van der Waals surface area contributed by atoms with Gasteiger partial charge in [-0.15, -0.1) is 0 Å². The highest BCUT2D eigenvalue weighted by atomic mass is 35.5. The normalized spacial score (nSPS) is 11.5. The van der Waals surface area contributed by atoms with Crippen molar-refractivity contribution in [2.45, 2.75) is 31.2 Å². The molecule has 0 radical (unpaired) electrons. The summed E-state index contributed by atoms with van der Waals surface area (Å²) in [5.74, 6) is -0.127. The van der Waals surface area contributed by atoms with Gasteiger partial charge in [0, 0.05) is 18.1 Å². The molecule has 0 aliphatic rings. The van der Waals surface area contributed by atoms with Gasteiger partial charge < -0.3 is 4.90 Å². The van der Waals surface area contributed by atoms with Crippen LogP contribution in [0.3, 0.4) is 0 Å². The number of pyridine rings is 1. The highest BCUT2D eigenvalue weighted by molar-refractivity contribution is 7.90. The van der Waals surface area contributed by atoms with Crippen LogP contribution in [0.5, 0.6) is 0 Å². The van der Waals surface area contributed by atoms with Crippen LogP contribution in [0.4, 0.5) is 5.69 Å². The van der Waals surface area contributed by atoms with Crippen LogP contribution in [-0.4, -0.2) is 25.6 Å². The zero-order valence-electron chi connectivity index (χ0n) is 15.7. The number of sulfone groups is 1. The van der Waals surface area contributed by atoms with Crippen molar-refractivity contribution in [2.24, 2.45) is 0 Å². The van der Waals surface area contributed by atoms with Gasteiger partial charge in [-0.3, -0.25) is 4.79 Å². The highest BCUT2D eigenvalue weighted by Gasteiger charge is 2.22. The van der Waals surface area contributed by atoms with Gasteiger partial charge in [-0.2, -0.15) is 0 Å². The lowest BCUT2D eigenvalue weighted by Crippen LogP contribution is -2.31. The second-order valence-corrected chi connectivity index (χ2v) is 9.00. The summed E-state index contributed by atoms with van der Waals surface area (Å²) in [4.78, 5) is 18.8. The van der Waals surface area contributed by atoms with Gasteiger partial charge in [-0.05, 0) is 42.3 Å². The number of carbonyl (C=O) groups is 1. The number of halogens is 1. The molecule has 3 rings (SSSR count). The van der Waals surface area contributed by atoms with Crippen molar-refractivity contribution in [1.29, 1.82) is 0 Å². The summed E-state index contributed by atoms with van der Waals surface area (Å²) in [5.41, 5.74) is 1.96. The summed E-state index contributed by atoms with van der Waals surface area (Å²) in [6.07, 6.45) is 2.15. The molecular formula is C21H21ClN2O3S. The molecule has 0 spiro atoms. The van der Waals surface area contributed by atoms with Gasteiger partial charge in [0.25, 0.3) is 0 Å². The Morgan fingerprint density at radius 1 is 1.11 bits per heavy atom. The van der Waals surface area contributed by atoms with Crippen LogP contribution in [0.1, 0.15) is 25.3 Å². The van der Waals surface area contributed by atoms with Gasteiger partial charge in [0.15, 0.2) is 9.84 Å². The molecule has 3 aromatic rings. The lowest BCUT2D eigenvalue weighted by molar-refractivity contribution is -0.118. The van der Waals surface area contributed by atoms with Crippen molar-refractivity contribution in [2.75, 3.05) is 11.2 Å². The smallest absolute Gasteiger partial charge is 0.227 e. The molecule has 0 unspecified atom stereocenters. The summed E-state index contributed by atoms with van der Waals surface area (Å²) >= 11 is 5.99. The highest BCUT2D eigenvalue weighted by Crippen LogP contribution is 2.28. The van der Waals surface area contributed by atoms with E-state index in [0.717, 1.165) is 22.7 Å². The molecule has 0 N–H and O–H groups in total. The number of amides is 1. The monoisotopic (exact) mass is 416 g/mol. The maximum atomic E-state index is 12.8. The number of para-hydroxylation sites is 1. The minimum absolute atomic E-state index is 0.127. The van der Waals surface area contributed by atoms with Gasteiger partial charge in [-0.1, -0.05) is 42.8 Å².